The summed E-state index contributed by atoms with van der Waals surface area (Å²) >= 11 is 0. The van der Waals surface area contributed by atoms with Crippen molar-refractivity contribution in [1.29, 1.82) is 0 Å². The van der Waals surface area contributed by atoms with E-state index in [1.54, 1.807) is 0 Å². The van der Waals surface area contributed by atoms with Gasteiger partial charge in [0.15, 0.2) is 0 Å². The summed E-state index contributed by atoms with van der Waals surface area (Å²) in [4.78, 5) is 0. The quantitative estimate of drug-likeness (QED) is 0.821. The zero-order chi connectivity index (χ0) is 11.6. The molecule has 1 aliphatic rings. The van der Waals surface area contributed by atoms with Gasteiger partial charge in [-0.05, 0) is 30.5 Å². The third-order valence-electron chi connectivity index (χ3n) is 3.88. The van der Waals surface area contributed by atoms with Crippen molar-refractivity contribution in [3.8, 4) is 0 Å². The topological polar surface area (TPSA) is 52.0 Å². The van der Waals surface area contributed by atoms with Crippen molar-refractivity contribution in [1.82, 2.24) is 0 Å². The minimum Gasteiger partial charge on any atom is -0.329 e. The van der Waals surface area contributed by atoms with Gasteiger partial charge in [-0.3, -0.25) is 0 Å². The lowest BCUT2D eigenvalue weighted by Gasteiger charge is -2.35. The fourth-order valence-electron chi connectivity index (χ4n) is 2.89. The van der Waals surface area contributed by atoms with Gasteiger partial charge in [-0.25, -0.2) is 4.39 Å². The average Bonchev–Trinajstić information content (AvgIpc) is 2.79. The third kappa shape index (κ3) is 1.85. The van der Waals surface area contributed by atoms with Gasteiger partial charge in [0, 0.05) is 18.0 Å². The molecule has 1 saturated carbocycles. The number of hydrogen-bond donors (Lipinski definition) is 2. The van der Waals surface area contributed by atoms with Crippen molar-refractivity contribution in [3.63, 3.8) is 0 Å². The molecule has 1 atom stereocenters. The highest BCUT2D eigenvalue weighted by atomic mass is 19.1. The Morgan fingerprint density at radius 1 is 1.19 bits per heavy atom. The van der Waals surface area contributed by atoms with Gasteiger partial charge in [-0.1, -0.05) is 25.0 Å². The van der Waals surface area contributed by atoms with E-state index in [1.165, 1.54) is 25.0 Å². The van der Waals surface area contributed by atoms with Crippen LogP contribution in [0.4, 0.5) is 4.39 Å². The molecule has 88 valence electrons. The van der Waals surface area contributed by atoms with Crippen LogP contribution in [0, 0.1) is 5.82 Å². The lowest BCUT2D eigenvalue weighted by molar-refractivity contribution is 0.354. The molecule has 2 nitrogen and oxygen atoms in total. The second-order valence-corrected chi connectivity index (χ2v) is 4.71. The van der Waals surface area contributed by atoms with Crippen LogP contribution < -0.4 is 11.5 Å². The summed E-state index contributed by atoms with van der Waals surface area (Å²) in [5.74, 6) is -0.196. The maximum Gasteiger partial charge on any atom is 0.123 e. The van der Waals surface area contributed by atoms with E-state index >= 15 is 0 Å². The highest BCUT2D eigenvalue weighted by Crippen LogP contribution is 2.42. The third-order valence-corrected chi connectivity index (χ3v) is 3.88. The zero-order valence-corrected chi connectivity index (χ0v) is 9.45. The molecule has 0 spiro atoms. The summed E-state index contributed by atoms with van der Waals surface area (Å²) in [5.41, 5.74) is 13.0. The van der Waals surface area contributed by atoms with E-state index in [2.05, 4.69) is 0 Å². The number of nitrogens with two attached hydrogens (primary N) is 2. The Balaban J connectivity index is 2.35. The fraction of sp³-hybridized carbons (Fsp3) is 0.538. The molecule has 1 aliphatic carbocycles. The maximum absolute atomic E-state index is 12.9. The van der Waals surface area contributed by atoms with Crippen LogP contribution in [-0.4, -0.2) is 12.6 Å². The molecule has 0 amide bonds. The first-order valence-electron chi connectivity index (χ1n) is 5.91. The molecular formula is C13H19FN2. The van der Waals surface area contributed by atoms with E-state index in [-0.39, 0.29) is 17.3 Å². The maximum atomic E-state index is 12.9. The molecule has 1 fully saturated rings. The Bertz CT molecular complexity index is 341. The van der Waals surface area contributed by atoms with Crippen molar-refractivity contribution in [3.05, 3.63) is 35.6 Å². The summed E-state index contributed by atoms with van der Waals surface area (Å²) < 4.78 is 12.9. The molecule has 1 aromatic carbocycles. The number of rotatable bonds is 3. The Hall–Kier alpha value is -0.930. The van der Waals surface area contributed by atoms with Gasteiger partial charge in [0.05, 0.1) is 0 Å². The van der Waals surface area contributed by atoms with Gasteiger partial charge in [0.1, 0.15) is 5.82 Å². The minimum atomic E-state index is -0.196. The van der Waals surface area contributed by atoms with Gasteiger partial charge < -0.3 is 11.5 Å². The van der Waals surface area contributed by atoms with Gasteiger partial charge in [-0.15, -0.1) is 0 Å². The van der Waals surface area contributed by atoms with Crippen LogP contribution in [0.15, 0.2) is 24.3 Å². The molecule has 16 heavy (non-hydrogen) atoms. The SMILES string of the molecule is NCC(N)C1(c2ccc(F)cc2)CCCC1. The summed E-state index contributed by atoms with van der Waals surface area (Å²) in [7, 11) is 0. The van der Waals surface area contributed by atoms with Crippen LogP contribution in [0.3, 0.4) is 0 Å². The molecule has 2 rings (SSSR count). The smallest absolute Gasteiger partial charge is 0.123 e. The monoisotopic (exact) mass is 222 g/mol. The highest BCUT2D eigenvalue weighted by Gasteiger charge is 2.40. The molecule has 0 saturated heterocycles. The molecule has 0 aliphatic heterocycles. The van der Waals surface area contributed by atoms with E-state index in [0.717, 1.165) is 18.4 Å². The van der Waals surface area contributed by atoms with Crippen molar-refractivity contribution in [2.75, 3.05) is 6.54 Å². The molecule has 4 N–H and O–H groups in total. The van der Waals surface area contributed by atoms with E-state index in [1.807, 2.05) is 12.1 Å². The van der Waals surface area contributed by atoms with Gasteiger partial charge in [0.25, 0.3) is 0 Å². The second-order valence-electron chi connectivity index (χ2n) is 4.71. The highest BCUT2D eigenvalue weighted by molar-refractivity contribution is 5.29. The second kappa shape index (κ2) is 4.52. The molecule has 1 unspecified atom stereocenters. The van der Waals surface area contributed by atoms with E-state index in [9.17, 15) is 4.39 Å². The first-order valence-corrected chi connectivity index (χ1v) is 5.91. The molecule has 3 heteroatoms. The molecule has 0 radical (unpaired) electrons. The average molecular weight is 222 g/mol. The van der Waals surface area contributed by atoms with Gasteiger partial charge in [-0.2, -0.15) is 0 Å². The van der Waals surface area contributed by atoms with Crippen LogP contribution in [0.5, 0.6) is 0 Å². The van der Waals surface area contributed by atoms with Crippen molar-refractivity contribution in [2.45, 2.75) is 37.1 Å². The summed E-state index contributed by atoms with van der Waals surface area (Å²) in [6.07, 6.45) is 4.50. The van der Waals surface area contributed by atoms with Crippen LogP contribution in [0.2, 0.25) is 0 Å². The Labute approximate surface area is 95.8 Å². The standard InChI is InChI=1S/C13H19FN2/c14-11-5-3-10(4-6-11)13(12(16)9-15)7-1-2-8-13/h3-6,12H,1-2,7-9,15-16H2. The number of hydrogen-bond acceptors (Lipinski definition) is 2. The molecule has 0 aromatic heterocycles. The fourth-order valence-corrected chi connectivity index (χ4v) is 2.89. The first-order chi connectivity index (χ1) is 7.69. The summed E-state index contributed by atoms with van der Waals surface area (Å²) in [5, 5.41) is 0. The molecule has 0 heterocycles. The Morgan fingerprint density at radius 2 is 1.75 bits per heavy atom. The van der Waals surface area contributed by atoms with E-state index in [4.69, 9.17) is 11.5 Å². The summed E-state index contributed by atoms with van der Waals surface area (Å²) in [6, 6.07) is 6.71. The predicted octanol–water partition coefficient (Wildman–Crippen LogP) is 1.92. The van der Waals surface area contributed by atoms with E-state index < -0.39 is 0 Å². The largest absolute Gasteiger partial charge is 0.329 e. The van der Waals surface area contributed by atoms with Crippen molar-refractivity contribution in [2.24, 2.45) is 11.5 Å². The lowest BCUT2D eigenvalue weighted by atomic mass is 9.73. The van der Waals surface area contributed by atoms with E-state index in [0.29, 0.717) is 6.54 Å². The molecule has 1 aromatic rings. The Morgan fingerprint density at radius 3 is 2.25 bits per heavy atom. The predicted molar refractivity (Wildman–Crippen MR) is 63.6 cm³/mol. The molecular weight excluding hydrogens is 203 g/mol. The first kappa shape index (κ1) is 11.6. The van der Waals surface area contributed by atoms with Gasteiger partial charge in [0.2, 0.25) is 0 Å². The van der Waals surface area contributed by atoms with Crippen LogP contribution in [-0.2, 0) is 5.41 Å². The van der Waals surface area contributed by atoms with Crippen LogP contribution in [0.1, 0.15) is 31.2 Å². The number of halogens is 1. The van der Waals surface area contributed by atoms with Gasteiger partial charge >= 0.3 is 0 Å². The molecule has 0 bridgehead atoms. The lowest BCUT2D eigenvalue weighted by Crippen LogP contribution is -2.48. The number of benzene rings is 1. The summed E-state index contributed by atoms with van der Waals surface area (Å²) in [6.45, 7) is 0.484. The van der Waals surface area contributed by atoms with Crippen molar-refractivity contribution >= 4 is 0 Å². The van der Waals surface area contributed by atoms with Crippen LogP contribution in [0.25, 0.3) is 0 Å². The van der Waals surface area contributed by atoms with Crippen LogP contribution >= 0.6 is 0 Å². The zero-order valence-electron chi connectivity index (χ0n) is 9.45. The Kier molecular flexibility index (Phi) is 3.26. The minimum absolute atomic E-state index is 0.0253. The van der Waals surface area contributed by atoms with Crippen molar-refractivity contribution < 1.29 is 4.39 Å². The normalized spacial score (nSPS) is 20.9.